The summed E-state index contributed by atoms with van der Waals surface area (Å²) in [7, 11) is 0. The molecule has 0 saturated heterocycles. The van der Waals surface area contributed by atoms with Crippen LogP contribution in [0.15, 0.2) is 59.7 Å². The SMILES string of the molecule is CCCCCCCCCCCCCCCCCC(=O)NN=Cc1cccc(OCc2ccccc2)c1. The van der Waals surface area contributed by atoms with Gasteiger partial charge in [-0.2, -0.15) is 5.10 Å². The first-order valence-corrected chi connectivity index (χ1v) is 14.4. The number of nitrogens with one attached hydrogen (secondary N) is 1. The first-order chi connectivity index (χ1) is 17.8. The molecule has 0 aromatic heterocycles. The molecule has 2 rings (SSSR count). The van der Waals surface area contributed by atoms with Crippen molar-refractivity contribution in [2.45, 2.75) is 116 Å². The monoisotopic (exact) mass is 492 g/mol. The maximum Gasteiger partial charge on any atom is 0.240 e. The van der Waals surface area contributed by atoms with Gasteiger partial charge in [-0.25, -0.2) is 5.43 Å². The lowest BCUT2D eigenvalue weighted by Gasteiger charge is -2.06. The van der Waals surface area contributed by atoms with Crippen LogP contribution in [0.5, 0.6) is 5.75 Å². The zero-order valence-electron chi connectivity index (χ0n) is 22.6. The van der Waals surface area contributed by atoms with Gasteiger partial charge in [0.1, 0.15) is 12.4 Å². The van der Waals surface area contributed by atoms with Crippen LogP contribution in [0.3, 0.4) is 0 Å². The van der Waals surface area contributed by atoms with Crippen LogP contribution in [0.4, 0.5) is 0 Å². The predicted octanol–water partition coefficient (Wildman–Crippen LogP) is 8.98. The second-order valence-corrected chi connectivity index (χ2v) is 9.84. The molecule has 0 heterocycles. The molecule has 4 nitrogen and oxygen atoms in total. The van der Waals surface area contributed by atoms with E-state index in [-0.39, 0.29) is 5.91 Å². The minimum absolute atomic E-state index is 0.0163. The van der Waals surface area contributed by atoms with Crippen LogP contribution in [0.25, 0.3) is 0 Å². The third kappa shape index (κ3) is 15.4. The number of ether oxygens (including phenoxy) is 1. The van der Waals surface area contributed by atoms with E-state index < -0.39 is 0 Å². The van der Waals surface area contributed by atoms with Gasteiger partial charge in [0.15, 0.2) is 0 Å². The highest BCUT2D eigenvalue weighted by molar-refractivity contribution is 5.82. The van der Waals surface area contributed by atoms with E-state index in [1.807, 2.05) is 54.6 Å². The Morgan fingerprint density at radius 3 is 1.94 bits per heavy atom. The number of hydrazone groups is 1. The van der Waals surface area contributed by atoms with E-state index in [9.17, 15) is 4.79 Å². The number of nitrogens with zero attached hydrogens (tertiary/aromatic N) is 1. The molecule has 0 saturated carbocycles. The molecule has 0 unspecified atom stereocenters. The minimum Gasteiger partial charge on any atom is -0.489 e. The zero-order valence-corrected chi connectivity index (χ0v) is 22.6. The largest absolute Gasteiger partial charge is 0.489 e. The van der Waals surface area contributed by atoms with Gasteiger partial charge in [-0.1, -0.05) is 139 Å². The average molecular weight is 493 g/mol. The van der Waals surface area contributed by atoms with Crippen LogP contribution in [0.2, 0.25) is 0 Å². The molecule has 1 N–H and O–H groups in total. The zero-order chi connectivity index (χ0) is 25.5. The number of amides is 1. The lowest BCUT2D eigenvalue weighted by molar-refractivity contribution is -0.121. The van der Waals surface area contributed by atoms with Crippen LogP contribution in [0, 0.1) is 0 Å². The molecule has 36 heavy (non-hydrogen) atoms. The fraction of sp³-hybridized carbons (Fsp3) is 0.562. The molecule has 1 amide bonds. The van der Waals surface area contributed by atoms with Crippen molar-refractivity contribution in [1.29, 1.82) is 0 Å². The van der Waals surface area contributed by atoms with E-state index >= 15 is 0 Å². The van der Waals surface area contributed by atoms with Crippen molar-refractivity contribution in [3.8, 4) is 5.75 Å². The van der Waals surface area contributed by atoms with Crippen LogP contribution in [-0.4, -0.2) is 12.1 Å². The Kier molecular flexibility index (Phi) is 16.9. The van der Waals surface area contributed by atoms with E-state index in [0.29, 0.717) is 13.0 Å². The summed E-state index contributed by atoms with van der Waals surface area (Å²) in [6.07, 6.45) is 22.1. The molecule has 0 atom stereocenters. The third-order valence-electron chi connectivity index (χ3n) is 6.52. The second kappa shape index (κ2) is 20.6. The Balaban J connectivity index is 1.43. The Morgan fingerprint density at radius 2 is 1.33 bits per heavy atom. The van der Waals surface area contributed by atoms with E-state index in [1.165, 1.54) is 83.5 Å². The molecule has 0 aliphatic rings. The summed E-state index contributed by atoms with van der Waals surface area (Å²) in [4.78, 5) is 12.0. The molecule has 0 aliphatic heterocycles. The van der Waals surface area contributed by atoms with E-state index in [2.05, 4.69) is 17.5 Å². The van der Waals surface area contributed by atoms with Crippen LogP contribution in [0.1, 0.15) is 121 Å². The average Bonchev–Trinajstić information content (AvgIpc) is 2.90. The van der Waals surface area contributed by atoms with E-state index in [4.69, 9.17) is 4.74 Å². The van der Waals surface area contributed by atoms with Gasteiger partial charge in [0, 0.05) is 6.42 Å². The number of rotatable bonds is 21. The standard InChI is InChI=1S/C32H48N2O2/c1-2-3-4-5-6-7-8-9-10-11-12-13-14-15-19-25-32(35)34-33-27-30-23-20-24-31(26-30)36-28-29-21-17-16-18-22-29/h16-18,20-24,26-27H,2-15,19,25,28H2,1H3,(H,34,35). The summed E-state index contributed by atoms with van der Waals surface area (Å²) in [6, 6.07) is 17.8. The van der Waals surface area contributed by atoms with Crippen molar-refractivity contribution >= 4 is 12.1 Å². The highest BCUT2D eigenvalue weighted by atomic mass is 16.5. The fourth-order valence-electron chi connectivity index (χ4n) is 4.32. The summed E-state index contributed by atoms with van der Waals surface area (Å²) in [5.74, 6) is 0.768. The number of carbonyl (C=O) groups is 1. The summed E-state index contributed by atoms with van der Waals surface area (Å²) >= 11 is 0. The molecule has 198 valence electrons. The lowest BCUT2D eigenvalue weighted by atomic mass is 10.0. The quantitative estimate of drug-likeness (QED) is 0.107. The molecule has 2 aromatic rings. The Labute approximate surface area is 219 Å². The van der Waals surface area contributed by atoms with Gasteiger partial charge in [-0.05, 0) is 29.7 Å². The number of hydrogen-bond acceptors (Lipinski definition) is 3. The first kappa shape index (κ1) is 29.6. The van der Waals surface area contributed by atoms with Gasteiger partial charge in [0.2, 0.25) is 5.91 Å². The minimum atomic E-state index is -0.0163. The third-order valence-corrected chi connectivity index (χ3v) is 6.52. The maximum absolute atomic E-state index is 12.0. The van der Waals surface area contributed by atoms with Gasteiger partial charge in [0.05, 0.1) is 6.21 Å². The van der Waals surface area contributed by atoms with Crippen LogP contribution >= 0.6 is 0 Å². The maximum atomic E-state index is 12.0. The number of hydrogen-bond donors (Lipinski definition) is 1. The Bertz CT molecular complexity index is 835. The van der Waals surface area contributed by atoms with Gasteiger partial charge in [-0.3, -0.25) is 4.79 Å². The van der Waals surface area contributed by atoms with Crippen molar-refractivity contribution in [1.82, 2.24) is 5.43 Å². The van der Waals surface area contributed by atoms with E-state index in [0.717, 1.165) is 29.7 Å². The fourth-order valence-corrected chi connectivity index (χ4v) is 4.32. The highest BCUT2D eigenvalue weighted by Crippen LogP contribution is 2.15. The molecule has 0 fully saturated rings. The van der Waals surface area contributed by atoms with Gasteiger partial charge < -0.3 is 4.74 Å². The second-order valence-electron chi connectivity index (χ2n) is 9.84. The molecule has 0 bridgehead atoms. The van der Waals surface area contributed by atoms with Gasteiger partial charge in [0.25, 0.3) is 0 Å². The molecule has 4 heteroatoms. The van der Waals surface area contributed by atoms with Crippen LogP contribution < -0.4 is 10.2 Å². The first-order valence-electron chi connectivity index (χ1n) is 14.4. The Hall–Kier alpha value is -2.62. The van der Waals surface area contributed by atoms with Gasteiger partial charge >= 0.3 is 0 Å². The Morgan fingerprint density at radius 1 is 0.750 bits per heavy atom. The van der Waals surface area contributed by atoms with E-state index in [1.54, 1.807) is 6.21 Å². The molecular formula is C32H48N2O2. The number of carbonyl (C=O) groups excluding carboxylic acids is 1. The molecule has 0 radical (unpaired) electrons. The number of benzene rings is 2. The summed E-state index contributed by atoms with van der Waals surface area (Å²) in [5, 5.41) is 4.11. The van der Waals surface area contributed by atoms with Gasteiger partial charge in [-0.15, -0.1) is 0 Å². The molecule has 2 aromatic carbocycles. The van der Waals surface area contributed by atoms with Crippen molar-refractivity contribution < 1.29 is 9.53 Å². The predicted molar refractivity (Wildman–Crippen MR) is 152 cm³/mol. The van der Waals surface area contributed by atoms with Crippen molar-refractivity contribution in [3.05, 3.63) is 65.7 Å². The van der Waals surface area contributed by atoms with Crippen molar-refractivity contribution in [3.63, 3.8) is 0 Å². The summed E-state index contributed by atoms with van der Waals surface area (Å²) in [6.45, 7) is 2.80. The lowest BCUT2D eigenvalue weighted by Crippen LogP contribution is -2.16. The topological polar surface area (TPSA) is 50.7 Å². The normalized spacial score (nSPS) is 11.1. The molecular weight excluding hydrogens is 444 g/mol. The summed E-state index contributed by atoms with van der Waals surface area (Å²) < 4.78 is 5.85. The number of unbranched alkanes of at least 4 members (excludes halogenated alkanes) is 14. The van der Waals surface area contributed by atoms with Crippen molar-refractivity contribution in [2.24, 2.45) is 5.10 Å². The van der Waals surface area contributed by atoms with Crippen LogP contribution in [-0.2, 0) is 11.4 Å². The summed E-state index contributed by atoms with van der Waals surface area (Å²) in [5.41, 5.74) is 4.67. The smallest absolute Gasteiger partial charge is 0.240 e. The molecule has 0 aliphatic carbocycles. The highest BCUT2D eigenvalue weighted by Gasteiger charge is 2.01. The van der Waals surface area contributed by atoms with Crippen molar-refractivity contribution in [2.75, 3.05) is 0 Å². The molecule has 0 spiro atoms.